The van der Waals surface area contributed by atoms with Crippen molar-refractivity contribution in [2.75, 3.05) is 0 Å². The Morgan fingerprint density at radius 1 is 0.974 bits per heavy atom. The summed E-state index contributed by atoms with van der Waals surface area (Å²) in [7, 11) is 0. The summed E-state index contributed by atoms with van der Waals surface area (Å²) >= 11 is 0. The highest BCUT2D eigenvalue weighted by Crippen LogP contribution is 2.74. The first-order chi connectivity index (χ1) is 17.7. The van der Waals surface area contributed by atoms with E-state index in [1.54, 1.807) is 5.57 Å². The molecule has 0 aromatic rings. The topological polar surface area (TPSA) is 0 Å². The summed E-state index contributed by atoms with van der Waals surface area (Å²) in [5, 5.41) is 0. The van der Waals surface area contributed by atoms with Gasteiger partial charge in [0.2, 0.25) is 0 Å². The van der Waals surface area contributed by atoms with E-state index in [1.807, 2.05) is 0 Å². The molecule has 0 bridgehead atoms. The van der Waals surface area contributed by atoms with Gasteiger partial charge < -0.3 is 0 Å². The molecule has 0 radical (unpaired) electrons. The summed E-state index contributed by atoms with van der Waals surface area (Å²) in [6.45, 7) is 32.4. The van der Waals surface area contributed by atoms with Crippen molar-refractivity contribution in [1.29, 1.82) is 0 Å². The Kier molecular flexibility index (Phi) is 7.52. The molecule has 4 saturated carbocycles. The molecule has 38 heavy (non-hydrogen) atoms. The molecule has 0 amide bonds. The van der Waals surface area contributed by atoms with E-state index in [9.17, 15) is 0 Å². The summed E-state index contributed by atoms with van der Waals surface area (Å²) in [6, 6.07) is 0. The van der Waals surface area contributed by atoms with Crippen LogP contribution in [0.4, 0.5) is 0 Å². The van der Waals surface area contributed by atoms with Crippen LogP contribution in [0.15, 0.2) is 35.5 Å². The zero-order chi connectivity index (χ0) is 27.8. The standard InChI is InChI=1S/C38H62/c1-23(2)33-26(5)20-37(10)22-36(9)21-32-31(18-16-30-14-12-13-24(3)19-30)17-15-25(4)34(32)27(6)35(36)29(8)38(37,11)28(33)7/h24-25,27,29-32,34-35H,1,7,12-22H2,2-6,8-11H3. The van der Waals surface area contributed by atoms with Crippen molar-refractivity contribution in [3.63, 3.8) is 0 Å². The molecule has 4 fully saturated rings. The van der Waals surface area contributed by atoms with Crippen molar-refractivity contribution >= 4 is 0 Å². The number of allylic oxidation sites excluding steroid dienone is 4. The molecule has 0 aliphatic heterocycles. The Bertz CT molecular complexity index is 980. The SMILES string of the molecule is C=C(C)C1=C(C)CC2(C)CC3(C)CC4C(CCC5CCCC(C)C5)CCC(C)C4C(C)C3C(C)C2(C)C1=C. The van der Waals surface area contributed by atoms with Crippen molar-refractivity contribution in [1.82, 2.24) is 0 Å². The largest absolute Gasteiger partial charge is 0.0955 e. The molecule has 0 heterocycles. The third-order valence-electron chi connectivity index (χ3n) is 14.4. The van der Waals surface area contributed by atoms with Gasteiger partial charge in [-0.3, -0.25) is 0 Å². The molecule has 12 unspecified atom stereocenters. The minimum atomic E-state index is 0.154. The van der Waals surface area contributed by atoms with E-state index in [-0.39, 0.29) is 5.41 Å². The monoisotopic (exact) mass is 518 g/mol. The second-order valence-corrected chi connectivity index (χ2v) is 16.8. The molecule has 5 aliphatic carbocycles. The van der Waals surface area contributed by atoms with Crippen LogP contribution in [0.2, 0.25) is 0 Å². The highest BCUT2D eigenvalue weighted by atomic mass is 14.7. The second-order valence-electron chi connectivity index (χ2n) is 16.8. The highest BCUT2D eigenvalue weighted by molar-refractivity contribution is 5.53. The lowest BCUT2D eigenvalue weighted by molar-refractivity contribution is -0.191. The zero-order valence-corrected chi connectivity index (χ0v) is 26.9. The van der Waals surface area contributed by atoms with Crippen molar-refractivity contribution in [2.24, 2.45) is 69.5 Å². The maximum absolute atomic E-state index is 4.87. The van der Waals surface area contributed by atoms with Crippen LogP contribution in [-0.2, 0) is 0 Å². The maximum Gasteiger partial charge on any atom is 0.00104 e. The molecule has 0 heteroatoms. The van der Waals surface area contributed by atoms with Crippen LogP contribution < -0.4 is 0 Å². The Morgan fingerprint density at radius 3 is 2.34 bits per heavy atom. The van der Waals surface area contributed by atoms with E-state index in [1.165, 1.54) is 87.3 Å². The van der Waals surface area contributed by atoms with Crippen LogP contribution in [0.3, 0.4) is 0 Å². The molecule has 5 rings (SSSR count). The molecule has 0 N–H and O–H groups in total. The molecular formula is C38H62. The first-order valence-electron chi connectivity index (χ1n) is 16.8. The molecule has 12 atom stereocenters. The second kappa shape index (κ2) is 9.94. The van der Waals surface area contributed by atoms with Gasteiger partial charge in [-0.2, -0.15) is 0 Å². The molecule has 0 spiro atoms. The molecule has 5 aliphatic rings. The fraction of sp³-hybridized carbons (Fsp3) is 0.842. The van der Waals surface area contributed by atoms with Gasteiger partial charge in [-0.1, -0.05) is 105 Å². The average Bonchev–Trinajstić information content (AvgIpc) is 2.80. The van der Waals surface area contributed by atoms with Gasteiger partial charge in [-0.05, 0) is 128 Å². The van der Waals surface area contributed by atoms with Crippen LogP contribution in [0.5, 0.6) is 0 Å². The summed E-state index contributed by atoms with van der Waals surface area (Å²) in [4.78, 5) is 0. The lowest BCUT2D eigenvalue weighted by atomic mass is 9.34. The lowest BCUT2D eigenvalue weighted by Crippen LogP contribution is -2.63. The van der Waals surface area contributed by atoms with Gasteiger partial charge in [0.1, 0.15) is 0 Å². The zero-order valence-electron chi connectivity index (χ0n) is 26.9. The van der Waals surface area contributed by atoms with Crippen molar-refractivity contribution in [2.45, 2.75) is 133 Å². The summed E-state index contributed by atoms with van der Waals surface area (Å²) in [6.07, 6.45) is 16.1. The predicted octanol–water partition coefficient (Wildman–Crippen LogP) is 11.4. The van der Waals surface area contributed by atoms with Crippen molar-refractivity contribution in [3.8, 4) is 0 Å². The average molecular weight is 519 g/mol. The van der Waals surface area contributed by atoms with Crippen LogP contribution in [0.25, 0.3) is 0 Å². The van der Waals surface area contributed by atoms with Gasteiger partial charge in [0.05, 0.1) is 0 Å². The van der Waals surface area contributed by atoms with Gasteiger partial charge >= 0.3 is 0 Å². The van der Waals surface area contributed by atoms with Crippen LogP contribution in [0, 0.1) is 69.5 Å². The summed E-state index contributed by atoms with van der Waals surface area (Å²) in [5.41, 5.74) is 6.50. The molecule has 0 aromatic heterocycles. The van der Waals surface area contributed by atoms with Crippen LogP contribution in [-0.4, -0.2) is 0 Å². The normalized spacial score (nSPS) is 51.2. The summed E-state index contributed by atoms with van der Waals surface area (Å²) in [5.74, 6) is 7.99. The van der Waals surface area contributed by atoms with E-state index in [4.69, 9.17) is 6.58 Å². The lowest BCUT2D eigenvalue weighted by Gasteiger charge is -2.70. The molecular weight excluding hydrogens is 456 g/mol. The Morgan fingerprint density at radius 2 is 1.68 bits per heavy atom. The first-order valence-corrected chi connectivity index (χ1v) is 16.8. The Hall–Kier alpha value is -0.780. The Balaban J connectivity index is 1.45. The molecule has 0 nitrogen and oxygen atoms in total. The van der Waals surface area contributed by atoms with Crippen LogP contribution >= 0.6 is 0 Å². The highest BCUT2D eigenvalue weighted by Gasteiger charge is 2.66. The minimum absolute atomic E-state index is 0.154. The third-order valence-corrected chi connectivity index (χ3v) is 14.4. The van der Waals surface area contributed by atoms with E-state index < -0.39 is 0 Å². The molecule has 0 saturated heterocycles. The van der Waals surface area contributed by atoms with E-state index in [0.29, 0.717) is 16.7 Å². The third kappa shape index (κ3) is 4.28. The van der Waals surface area contributed by atoms with Crippen LogP contribution in [0.1, 0.15) is 133 Å². The summed E-state index contributed by atoms with van der Waals surface area (Å²) < 4.78 is 0. The smallest absolute Gasteiger partial charge is 0.00104 e. The van der Waals surface area contributed by atoms with Gasteiger partial charge in [-0.15, -0.1) is 0 Å². The van der Waals surface area contributed by atoms with Gasteiger partial charge in [-0.25, -0.2) is 0 Å². The first kappa shape index (κ1) is 28.7. The molecule has 0 aromatic carbocycles. The number of hydrogen-bond donors (Lipinski definition) is 0. The quantitative estimate of drug-likeness (QED) is 0.347. The van der Waals surface area contributed by atoms with E-state index in [0.717, 1.165) is 47.3 Å². The van der Waals surface area contributed by atoms with Gasteiger partial charge in [0.25, 0.3) is 0 Å². The number of hydrogen-bond acceptors (Lipinski definition) is 0. The van der Waals surface area contributed by atoms with E-state index >= 15 is 0 Å². The predicted molar refractivity (Wildman–Crippen MR) is 166 cm³/mol. The van der Waals surface area contributed by atoms with E-state index in [2.05, 4.69) is 68.9 Å². The molecule has 214 valence electrons. The van der Waals surface area contributed by atoms with Gasteiger partial charge in [0.15, 0.2) is 0 Å². The maximum atomic E-state index is 4.87. The van der Waals surface area contributed by atoms with Gasteiger partial charge in [0, 0.05) is 5.41 Å². The van der Waals surface area contributed by atoms with Crippen molar-refractivity contribution < 1.29 is 0 Å². The number of rotatable bonds is 4. The minimum Gasteiger partial charge on any atom is -0.0955 e. The Labute approximate surface area is 237 Å². The van der Waals surface area contributed by atoms with Crippen molar-refractivity contribution in [3.05, 3.63) is 35.5 Å². The fourth-order valence-corrected chi connectivity index (χ4v) is 12.9. The number of fused-ring (bicyclic) bond motifs is 3. The fourth-order valence-electron chi connectivity index (χ4n) is 12.9.